The SMILES string of the molecule is CC(=O)N(CCC1=CCCCC1)CC(=O)N1CCc2ccccc21. The number of amides is 2. The molecule has 0 saturated carbocycles. The third-order valence-electron chi connectivity index (χ3n) is 5.05. The van der Waals surface area contributed by atoms with E-state index in [1.54, 1.807) is 11.8 Å². The van der Waals surface area contributed by atoms with Crippen LogP contribution in [0.4, 0.5) is 5.69 Å². The second kappa shape index (κ2) is 7.65. The summed E-state index contributed by atoms with van der Waals surface area (Å²) in [4.78, 5) is 28.2. The zero-order valence-corrected chi connectivity index (χ0v) is 14.5. The molecule has 0 saturated heterocycles. The van der Waals surface area contributed by atoms with Gasteiger partial charge in [-0.25, -0.2) is 0 Å². The van der Waals surface area contributed by atoms with Crippen LogP contribution in [0.3, 0.4) is 0 Å². The van der Waals surface area contributed by atoms with Gasteiger partial charge in [0.05, 0.1) is 0 Å². The number of para-hydroxylation sites is 1. The highest BCUT2D eigenvalue weighted by Crippen LogP contribution is 2.27. The minimum Gasteiger partial charge on any atom is -0.333 e. The van der Waals surface area contributed by atoms with E-state index in [-0.39, 0.29) is 18.4 Å². The second-order valence-electron chi connectivity index (χ2n) is 6.72. The maximum atomic E-state index is 12.7. The van der Waals surface area contributed by atoms with Gasteiger partial charge in [0.25, 0.3) is 0 Å². The number of benzene rings is 1. The lowest BCUT2D eigenvalue weighted by Crippen LogP contribution is -2.42. The van der Waals surface area contributed by atoms with Crippen molar-refractivity contribution in [3.05, 3.63) is 41.5 Å². The van der Waals surface area contributed by atoms with Gasteiger partial charge < -0.3 is 9.80 Å². The van der Waals surface area contributed by atoms with Crippen LogP contribution in [0.2, 0.25) is 0 Å². The summed E-state index contributed by atoms with van der Waals surface area (Å²) in [7, 11) is 0. The maximum absolute atomic E-state index is 12.7. The van der Waals surface area contributed by atoms with E-state index < -0.39 is 0 Å². The lowest BCUT2D eigenvalue weighted by atomic mass is 9.97. The van der Waals surface area contributed by atoms with Crippen LogP contribution in [0.1, 0.15) is 44.6 Å². The topological polar surface area (TPSA) is 40.6 Å². The number of anilines is 1. The van der Waals surface area contributed by atoms with Gasteiger partial charge in [0.2, 0.25) is 11.8 Å². The summed E-state index contributed by atoms with van der Waals surface area (Å²) in [5.41, 5.74) is 3.65. The number of nitrogens with zero attached hydrogens (tertiary/aromatic N) is 2. The highest BCUT2D eigenvalue weighted by Gasteiger charge is 2.26. The monoisotopic (exact) mass is 326 g/mol. The molecular weight excluding hydrogens is 300 g/mol. The van der Waals surface area contributed by atoms with E-state index in [9.17, 15) is 9.59 Å². The smallest absolute Gasteiger partial charge is 0.246 e. The van der Waals surface area contributed by atoms with E-state index in [1.807, 2.05) is 23.1 Å². The van der Waals surface area contributed by atoms with E-state index in [0.29, 0.717) is 6.54 Å². The molecule has 0 spiro atoms. The van der Waals surface area contributed by atoms with E-state index in [4.69, 9.17) is 0 Å². The molecule has 128 valence electrons. The summed E-state index contributed by atoms with van der Waals surface area (Å²) in [5, 5.41) is 0. The molecule has 0 atom stereocenters. The molecule has 4 nitrogen and oxygen atoms in total. The lowest BCUT2D eigenvalue weighted by molar-refractivity contribution is -0.133. The second-order valence-corrected chi connectivity index (χ2v) is 6.72. The molecule has 0 N–H and O–H groups in total. The minimum atomic E-state index is -0.0211. The van der Waals surface area contributed by atoms with Crippen LogP contribution in [0.25, 0.3) is 0 Å². The van der Waals surface area contributed by atoms with Crippen LogP contribution in [-0.4, -0.2) is 36.3 Å². The number of hydrogen-bond acceptors (Lipinski definition) is 2. The molecule has 0 fully saturated rings. The number of rotatable bonds is 5. The molecule has 0 aromatic heterocycles. The molecule has 1 heterocycles. The van der Waals surface area contributed by atoms with E-state index in [1.165, 1.54) is 24.0 Å². The minimum absolute atomic E-state index is 0.0211. The first kappa shape index (κ1) is 16.7. The molecule has 1 aromatic rings. The zero-order chi connectivity index (χ0) is 16.9. The van der Waals surface area contributed by atoms with Crippen molar-refractivity contribution in [3.63, 3.8) is 0 Å². The molecule has 0 unspecified atom stereocenters. The highest BCUT2D eigenvalue weighted by atomic mass is 16.2. The average molecular weight is 326 g/mol. The Bertz CT molecular complexity index is 651. The van der Waals surface area contributed by atoms with E-state index >= 15 is 0 Å². The van der Waals surface area contributed by atoms with Crippen LogP contribution in [0, 0.1) is 0 Å². The Morgan fingerprint density at radius 3 is 2.75 bits per heavy atom. The predicted octanol–water partition coefficient (Wildman–Crippen LogP) is 3.31. The Morgan fingerprint density at radius 2 is 2.00 bits per heavy atom. The van der Waals surface area contributed by atoms with Gasteiger partial charge in [-0.3, -0.25) is 9.59 Å². The third kappa shape index (κ3) is 3.86. The van der Waals surface area contributed by atoms with Crippen LogP contribution >= 0.6 is 0 Å². The fraction of sp³-hybridized carbons (Fsp3) is 0.500. The van der Waals surface area contributed by atoms with E-state index in [0.717, 1.165) is 37.9 Å². The Kier molecular flexibility index (Phi) is 5.34. The Hall–Kier alpha value is -2.10. The van der Waals surface area contributed by atoms with Crippen molar-refractivity contribution >= 4 is 17.5 Å². The van der Waals surface area contributed by atoms with Crippen molar-refractivity contribution in [2.75, 3.05) is 24.5 Å². The summed E-state index contributed by atoms with van der Waals surface area (Å²) in [6.45, 7) is 3.09. The largest absolute Gasteiger partial charge is 0.333 e. The molecule has 1 aromatic carbocycles. The zero-order valence-electron chi connectivity index (χ0n) is 14.5. The summed E-state index contributed by atoms with van der Waals surface area (Å²) in [6.07, 6.45) is 8.90. The Morgan fingerprint density at radius 1 is 1.17 bits per heavy atom. The van der Waals surface area contributed by atoms with Gasteiger partial charge in [0.15, 0.2) is 0 Å². The molecule has 2 amide bonds. The molecule has 1 aliphatic heterocycles. The molecule has 0 bridgehead atoms. The van der Waals surface area contributed by atoms with Crippen molar-refractivity contribution in [1.82, 2.24) is 4.90 Å². The highest BCUT2D eigenvalue weighted by molar-refractivity contribution is 5.98. The lowest BCUT2D eigenvalue weighted by Gasteiger charge is -2.25. The van der Waals surface area contributed by atoms with Gasteiger partial charge in [-0.05, 0) is 50.2 Å². The summed E-state index contributed by atoms with van der Waals surface area (Å²) < 4.78 is 0. The first-order valence-electron chi connectivity index (χ1n) is 8.97. The Balaban J connectivity index is 1.60. The number of fused-ring (bicyclic) bond motifs is 1. The van der Waals surface area contributed by atoms with Crippen LogP contribution in [0.5, 0.6) is 0 Å². The number of carbonyl (C=O) groups is 2. The summed E-state index contributed by atoms with van der Waals surface area (Å²) >= 11 is 0. The summed E-state index contributed by atoms with van der Waals surface area (Å²) in [5.74, 6) is 0.0000141. The average Bonchev–Trinajstić information content (AvgIpc) is 3.03. The van der Waals surface area contributed by atoms with Gasteiger partial charge >= 0.3 is 0 Å². The molecule has 0 radical (unpaired) electrons. The number of carbonyl (C=O) groups excluding carboxylic acids is 2. The van der Waals surface area contributed by atoms with Crippen molar-refractivity contribution in [3.8, 4) is 0 Å². The first-order chi connectivity index (χ1) is 11.6. The van der Waals surface area contributed by atoms with Crippen LogP contribution in [0.15, 0.2) is 35.9 Å². The standard InChI is InChI=1S/C20H26N2O2/c1-16(23)21(13-11-17-7-3-2-4-8-17)15-20(24)22-14-12-18-9-5-6-10-19(18)22/h5-7,9-10H,2-4,8,11-15H2,1H3. The van der Waals surface area contributed by atoms with Gasteiger partial charge in [0.1, 0.15) is 6.54 Å². The molecule has 2 aliphatic rings. The molecule has 4 heteroatoms. The van der Waals surface area contributed by atoms with Gasteiger partial charge in [-0.1, -0.05) is 29.8 Å². The number of allylic oxidation sites excluding steroid dienone is 1. The fourth-order valence-electron chi connectivity index (χ4n) is 3.60. The van der Waals surface area contributed by atoms with Crippen molar-refractivity contribution < 1.29 is 9.59 Å². The molecule has 24 heavy (non-hydrogen) atoms. The predicted molar refractivity (Wildman–Crippen MR) is 95.9 cm³/mol. The first-order valence-corrected chi connectivity index (χ1v) is 8.97. The van der Waals surface area contributed by atoms with Gasteiger partial charge in [0, 0.05) is 25.7 Å². The van der Waals surface area contributed by atoms with Crippen molar-refractivity contribution in [2.24, 2.45) is 0 Å². The van der Waals surface area contributed by atoms with Crippen LogP contribution < -0.4 is 4.90 Å². The molecule has 1 aliphatic carbocycles. The van der Waals surface area contributed by atoms with Gasteiger partial charge in [-0.15, -0.1) is 0 Å². The van der Waals surface area contributed by atoms with Crippen molar-refractivity contribution in [2.45, 2.75) is 45.4 Å². The maximum Gasteiger partial charge on any atom is 0.246 e. The molecular formula is C20H26N2O2. The van der Waals surface area contributed by atoms with Gasteiger partial charge in [-0.2, -0.15) is 0 Å². The Labute approximate surface area is 144 Å². The number of hydrogen-bond donors (Lipinski definition) is 0. The third-order valence-corrected chi connectivity index (χ3v) is 5.05. The van der Waals surface area contributed by atoms with E-state index in [2.05, 4.69) is 12.1 Å². The van der Waals surface area contributed by atoms with Crippen LogP contribution in [-0.2, 0) is 16.0 Å². The van der Waals surface area contributed by atoms with Crippen molar-refractivity contribution in [1.29, 1.82) is 0 Å². The quantitative estimate of drug-likeness (QED) is 0.779. The summed E-state index contributed by atoms with van der Waals surface area (Å²) in [6, 6.07) is 8.03. The fourth-order valence-corrected chi connectivity index (χ4v) is 3.60. The molecule has 3 rings (SSSR count). The normalized spacial score (nSPS) is 16.5.